The number of imidazole rings is 1. The predicted octanol–water partition coefficient (Wildman–Crippen LogP) is 0.904. The fourth-order valence-electron chi connectivity index (χ4n) is 1.37. The summed E-state index contributed by atoms with van der Waals surface area (Å²) in [6.07, 6.45) is 5.35. The highest BCUT2D eigenvalue weighted by atomic mass is 15.1. The van der Waals surface area contributed by atoms with E-state index in [1.54, 1.807) is 18.7 Å². The fraction of sp³-hybridized carbons (Fsp3) is 0.200. The molecule has 4 heteroatoms. The summed E-state index contributed by atoms with van der Waals surface area (Å²) in [6.45, 7) is 1.38. The second-order valence-corrected chi connectivity index (χ2v) is 2.98. The summed E-state index contributed by atoms with van der Waals surface area (Å²) in [5.41, 5.74) is 7.44. The van der Waals surface area contributed by atoms with Gasteiger partial charge in [-0.2, -0.15) is 0 Å². The molecule has 0 aliphatic heterocycles. The molecule has 2 aromatic rings. The van der Waals surface area contributed by atoms with Gasteiger partial charge in [-0.1, -0.05) is 6.07 Å². The lowest BCUT2D eigenvalue weighted by atomic mass is 10.3. The third-order valence-electron chi connectivity index (χ3n) is 2.01. The van der Waals surface area contributed by atoms with E-state index in [-0.39, 0.29) is 0 Å². The van der Waals surface area contributed by atoms with E-state index >= 15 is 0 Å². The molecule has 2 rings (SSSR count). The van der Waals surface area contributed by atoms with Crippen molar-refractivity contribution >= 4 is 0 Å². The molecule has 0 fully saturated rings. The molecule has 0 atom stereocenters. The van der Waals surface area contributed by atoms with Crippen molar-refractivity contribution in [2.24, 2.45) is 5.73 Å². The van der Waals surface area contributed by atoms with Crippen LogP contribution >= 0.6 is 0 Å². The molecule has 72 valence electrons. The predicted molar refractivity (Wildman–Crippen MR) is 54.5 cm³/mol. The lowest BCUT2D eigenvalue weighted by Gasteiger charge is -2.04. The average Bonchev–Trinajstić information content (AvgIpc) is 2.68. The number of rotatable bonds is 3. The number of hydrogen-bond donors (Lipinski definition) is 1. The van der Waals surface area contributed by atoms with E-state index in [0.717, 1.165) is 17.9 Å². The first kappa shape index (κ1) is 8.90. The SMILES string of the molecule is NCCn1cncc1-c1ccccn1. The zero-order chi connectivity index (χ0) is 9.80. The van der Waals surface area contributed by atoms with Crippen LogP contribution in [0.3, 0.4) is 0 Å². The highest BCUT2D eigenvalue weighted by molar-refractivity contribution is 5.52. The first-order chi connectivity index (χ1) is 6.92. The normalized spacial score (nSPS) is 10.4. The van der Waals surface area contributed by atoms with E-state index in [9.17, 15) is 0 Å². The van der Waals surface area contributed by atoms with Gasteiger partial charge in [-0.25, -0.2) is 4.98 Å². The highest BCUT2D eigenvalue weighted by Crippen LogP contribution is 2.14. The Morgan fingerprint density at radius 3 is 3.00 bits per heavy atom. The molecule has 14 heavy (non-hydrogen) atoms. The van der Waals surface area contributed by atoms with Crippen LogP contribution in [0.4, 0.5) is 0 Å². The van der Waals surface area contributed by atoms with Gasteiger partial charge in [0.1, 0.15) is 0 Å². The molecule has 4 nitrogen and oxygen atoms in total. The minimum atomic E-state index is 0.607. The summed E-state index contributed by atoms with van der Waals surface area (Å²) >= 11 is 0. The molecule has 0 saturated carbocycles. The zero-order valence-electron chi connectivity index (χ0n) is 7.80. The molecular formula is C10H12N4. The maximum Gasteiger partial charge on any atom is 0.0951 e. The van der Waals surface area contributed by atoms with E-state index in [0.29, 0.717) is 6.54 Å². The van der Waals surface area contributed by atoms with Crippen LogP contribution in [0.2, 0.25) is 0 Å². The lowest BCUT2D eigenvalue weighted by molar-refractivity contribution is 0.712. The molecule has 0 unspecified atom stereocenters. The summed E-state index contributed by atoms with van der Waals surface area (Å²) in [4.78, 5) is 8.35. The van der Waals surface area contributed by atoms with Crippen LogP contribution in [0.1, 0.15) is 0 Å². The average molecular weight is 188 g/mol. The van der Waals surface area contributed by atoms with Crippen molar-refractivity contribution in [1.29, 1.82) is 0 Å². The largest absolute Gasteiger partial charge is 0.329 e. The maximum atomic E-state index is 5.50. The maximum absolute atomic E-state index is 5.50. The number of pyridine rings is 1. The number of hydrogen-bond acceptors (Lipinski definition) is 3. The van der Waals surface area contributed by atoms with Gasteiger partial charge in [0, 0.05) is 19.3 Å². The van der Waals surface area contributed by atoms with E-state index in [2.05, 4.69) is 9.97 Å². The third kappa shape index (κ3) is 1.65. The summed E-state index contributed by atoms with van der Waals surface area (Å²) in [6, 6.07) is 5.82. The van der Waals surface area contributed by atoms with Crippen molar-refractivity contribution in [3.63, 3.8) is 0 Å². The quantitative estimate of drug-likeness (QED) is 0.778. The van der Waals surface area contributed by atoms with Crippen molar-refractivity contribution in [3.8, 4) is 11.4 Å². The summed E-state index contributed by atoms with van der Waals surface area (Å²) < 4.78 is 2.00. The van der Waals surface area contributed by atoms with Crippen LogP contribution in [0.15, 0.2) is 36.9 Å². The van der Waals surface area contributed by atoms with E-state index in [4.69, 9.17) is 5.73 Å². The van der Waals surface area contributed by atoms with E-state index in [1.807, 2.05) is 22.8 Å². The van der Waals surface area contributed by atoms with Gasteiger partial charge >= 0.3 is 0 Å². The van der Waals surface area contributed by atoms with Crippen molar-refractivity contribution in [3.05, 3.63) is 36.9 Å². The van der Waals surface area contributed by atoms with Gasteiger partial charge in [0.25, 0.3) is 0 Å². The van der Waals surface area contributed by atoms with Crippen LogP contribution in [-0.4, -0.2) is 21.1 Å². The molecule has 0 aliphatic carbocycles. The molecule has 2 aromatic heterocycles. The molecule has 0 amide bonds. The van der Waals surface area contributed by atoms with Crippen LogP contribution in [0, 0.1) is 0 Å². The van der Waals surface area contributed by atoms with Gasteiger partial charge in [0.15, 0.2) is 0 Å². The van der Waals surface area contributed by atoms with Crippen LogP contribution in [-0.2, 0) is 6.54 Å². The Morgan fingerprint density at radius 2 is 2.29 bits per heavy atom. The van der Waals surface area contributed by atoms with Crippen molar-refractivity contribution in [1.82, 2.24) is 14.5 Å². The van der Waals surface area contributed by atoms with Gasteiger partial charge in [-0.05, 0) is 12.1 Å². The summed E-state index contributed by atoms with van der Waals surface area (Å²) in [5.74, 6) is 0. The highest BCUT2D eigenvalue weighted by Gasteiger charge is 2.03. The van der Waals surface area contributed by atoms with Crippen LogP contribution in [0.5, 0.6) is 0 Å². The molecule has 0 spiro atoms. The molecule has 2 N–H and O–H groups in total. The summed E-state index contributed by atoms with van der Waals surface area (Å²) in [7, 11) is 0. The molecular weight excluding hydrogens is 176 g/mol. The van der Waals surface area contributed by atoms with Crippen molar-refractivity contribution in [2.45, 2.75) is 6.54 Å². The van der Waals surface area contributed by atoms with E-state index in [1.165, 1.54) is 0 Å². The van der Waals surface area contributed by atoms with E-state index < -0.39 is 0 Å². The Bertz CT molecular complexity index is 394. The minimum Gasteiger partial charge on any atom is -0.329 e. The van der Waals surface area contributed by atoms with Crippen molar-refractivity contribution in [2.75, 3.05) is 6.54 Å². The Labute approximate surface area is 82.4 Å². The van der Waals surface area contributed by atoms with Gasteiger partial charge in [-0.3, -0.25) is 4.98 Å². The van der Waals surface area contributed by atoms with Gasteiger partial charge in [-0.15, -0.1) is 0 Å². The number of aromatic nitrogens is 3. The van der Waals surface area contributed by atoms with Gasteiger partial charge in [0.2, 0.25) is 0 Å². The molecule has 0 bridgehead atoms. The van der Waals surface area contributed by atoms with Crippen molar-refractivity contribution < 1.29 is 0 Å². The molecule has 0 aliphatic rings. The monoisotopic (exact) mass is 188 g/mol. The smallest absolute Gasteiger partial charge is 0.0951 e. The zero-order valence-corrected chi connectivity index (χ0v) is 7.80. The molecule has 0 saturated heterocycles. The van der Waals surface area contributed by atoms with Gasteiger partial charge < -0.3 is 10.3 Å². The minimum absolute atomic E-state index is 0.607. The number of nitrogens with two attached hydrogens (primary N) is 1. The summed E-state index contributed by atoms with van der Waals surface area (Å²) in [5, 5.41) is 0. The topological polar surface area (TPSA) is 56.7 Å². The fourth-order valence-corrected chi connectivity index (χ4v) is 1.37. The molecule has 2 heterocycles. The second kappa shape index (κ2) is 4.02. The Morgan fingerprint density at radius 1 is 1.36 bits per heavy atom. The Kier molecular flexibility index (Phi) is 2.55. The van der Waals surface area contributed by atoms with Crippen LogP contribution in [0.25, 0.3) is 11.4 Å². The number of nitrogens with zero attached hydrogens (tertiary/aromatic N) is 3. The first-order valence-electron chi connectivity index (χ1n) is 4.53. The molecule has 0 aromatic carbocycles. The lowest BCUT2D eigenvalue weighted by Crippen LogP contribution is -2.10. The second-order valence-electron chi connectivity index (χ2n) is 2.98. The molecule has 0 radical (unpaired) electrons. The van der Waals surface area contributed by atoms with Gasteiger partial charge in [0.05, 0.1) is 23.9 Å². The first-order valence-corrected chi connectivity index (χ1v) is 4.53. The Hall–Kier alpha value is -1.68. The van der Waals surface area contributed by atoms with Crippen LogP contribution < -0.4 is 5.73 Å². The third-order valence-corrected chi connectivity index (χ3v) is 2.01. The Balaban J connectivity index is 2.37. The standard InChI is InChI=1S/C10H12N4/c11-4-6-14-8-12-7-10(14)9-3-1-2-5-13-9/h1-3,5,7-8H,4,6,11H2.